The molecule has 0 bridgehead atoms. The molecule has 7 heteroatoms. The molecule has 0 amide bonds. The van der Waals surface area contributed by atoms with E-state index in [1.165, 1.54) is 13.2 Å². The molecule has 0 saturated heterocycles. The predicted octanol–water partition coefficient (Wildman–Crippen LogP) is 3.24. The number of aromatic nitrogens is 2. The first-order valence-corrected chi connectivity index (χ1v) is 8.16. The molecule has 0 radical (unpaired) electrons. The van der Waals surface area contributed by atoms with Gasteiger partial charge in [0.05, 0.1) is 24.8 Å². The van der Waals surface area contributed by atoms with Crippen molar-refractivity contribution < 1.29 is 14.3 Å². The number of fused-ring (bicyclic) bond motifs is 1. The van der Waals surface area contributed by atoms with Gasteiger partial charge in [-0.2, -0.15) is 0 Å². The maximum absolute atomic E-state index is 12.2. The normalized spacial score (nSPS) is 10.8. The Kier molecular flexibility index (Phi) is 5.09. The number of hydrogen-bond acceptors (Lipinski definition) is 4. The summed E-state index contributed by atoms with van der Waals surface area (Å²) in [6, 6.07) is 12.2. The highest BCUT2D eigenvalue weighted by Crippen LogP contribution is 2.23. The van der Waals surface area contributed by atoms with E-state index in [2.05, 4.69) is 4.98 Å². The van der Waals surface area contributed by atoms with Gasteiger partial charge in [0.1, 0.15) is 11.3 Å². The molecule has 1 N–H and O–H groups in total. The summed E-state index contributed by atoms with van der Waals surface area (Å²) in [6.45, 7) is 0.628. The summed E-state index contributed by atoms with van der Waals surface area (Å²) in [5.74, 6) is -0.104. The van der Waals surface area contributed by atoms with Crippen LogP contribution in [0.1, 0.15) is 16.8 Å². The summed E-state index contributed by atoms with van der Waals surface area (Å²) in [5.41, 5.74) is 1.71. The number of H-pyrrole nitrogens is 1. The van der Waals surface area contributed by atoms with E-state index in [0.717, 1.165) is 11.0 Å². The fourth-order valence-electron chi connectivity index (χ4n) is 2.63. The first-order chi connectivity index (χ1) is 12.1. The number of imidazole rings is 1. The minimum atomic E-state index is -0.509. The second-order valence-corrected chi connectivity index (χ2v) is 5.87. The zero-order chi connectivity index (χ0) is 17.8. The van der Waals surface area contributed by atoms with Gasteiger partial charge >= 0.3 is 11.7 Å². The smallest absolute Gasteiger partial charge is 0.341 e. The van der Waals surface area contributed by atoms with E-state index >= 15 is 0 Å². The van der Waals surface area contributed by atoms with Crippen molar-refractivity contribution >= 4 is 28.6 Å². The van der Waals surface area contributed by atoms with Crippen molar-refractivity contribution in [3.8, 4) is 5.75 Å². The second kappa shape index (κ2) is 7.44. The van der Waals surface area contributed by atoms with Gasteiger partial charge in [0.2, 0.25) is 0 Å². The summed E-state index contributed by atoms with van der Waals surface area (Å²) >= 11 is 5.91. The van der Waals surface area contributed by atoms with Gasteiger partial charge in [-0.1, -0.05) is 23.7 Å². The fourth-order valence-corrected chi connectivity index (χ4v) is 2.81. The maximum atomic E-state index is 12.2. The molecule has 1 aromatic heterocycles. The average Bonchev–Trinajstić information content (AvgIpc) is 2.93. The molecule has 6 nitrogen and oxygen atoms in total. The third-order valence-corrected chi connectivity index (χ3v) is 4.06. The zero-order valence-electron chi connectivity index (χ0n) is 13.6. The molecule has 0 saturated carbocycles. The first kappa shape index (κ1) is 17.1. The van der Waals surface area contributed by atoms with Crippen LogP contribution in [0.2, 0.25) is 5.02 Å². The Hall–Kier alpha value is -2.73. The lowest BCUT2D eigenvalue weighted by Gasteiger charge is -2.09. The quantitative estimate of drug-likeness (QED) is 0.541. The highest BCUT2D eigenvalue weighted by Gasteiger charge is 2.14. The Labute approximate surface area is 148 Å². The lowest BCUT2D eigenvalue weighted by molar-refractivity contribution is 0.0492. The van der Waals surface area contributed by atoms with Crippen molar-refractivity contribution in [2.75, 3.05) is 13.7 Å². The largest absolute Gasteiger partial charge is 0.496 e. The number of nitrogens with zero attached hydrogens (tertiary/aromatic N) is 1. The predicted molar refractivity (Wildman–Crippen MR) is 95.5 cm³/mol. The summed E-state index contributed by atoms with van der Waals surface area (Å²) in [6.07, 6.45) is 0.510. The summed E-state index contributed by atoms with van der Waals surface area (Å²) < 4.78 is 12.0. The zero-order valence-corrected chi connectivity index (χ0v) is 14.4. The van der Waals surface area contributed by atoms with Gasteiger partial charge in [-0.3, -0.25) is 4.57 Å². The fraction of sp³-hybridized carbons (Fsp3) is 0.222. The molecule has 0 spiro atoms. The lowest BCUT2D eigenvalue weighted by Crippen LogP contribution is -2.18. The number of para-hydroxylation sites is 2. The van der Waals surface area contributed by atoms with Crippen molar-refractivity contribution in [1.29, 1.82) is 0 Å². The van der Waals surface area contributed by atoms with E-state index in [0.29, 0.717) is 23.7 Å². The highest BCUT2D eigenvalue weighted by molar-refractivity contribution is 6.31. The molecule has 2 aromatic carbocycles. The summed E-state index contributed by atoms with van der Waals surface area (Å²) in [7, 11) is 1.48. The van der Waals surface area contributed by atoms with Crippen molar-refractivity contribution in [3.63, 3.8) is 0 Å². The molecule has 1 heterocycles. The maximum Gasteiger partial charge on any atom is 0.341 e. The Bertz CT molecular complexity index is 961. The molecule has 0 aliphatic rings. The monoisotopic (exact) mass is 360 g/mol. The standard InChI is InChI=1S/C18H17ClN2O4/c1-24-16-8-7-12(19)11-13(16)17(22)25-10-4-9-21-15-6-3-2-5-14(15)20-18(21)23/h2-3,5-8,11H,4,9-10H2,1H3,(H,20,23). The van der Waals surface area contributed by atoms with Crippen molar-refractivity contribution in [3.05, 3.63) is 63.5 Å². The Morgan fingerprint density at radius 1 is 1.24 bits per heavy atom. The van der Waals surface area contributed by atoms with Crippen LogP contribution < -0.4 is 10.4 Å². The number of esters is 1. The summed E-state index contributed by atoms with van der Waals surface area (Å²) in [4.78, 5) is 27.0. The van der Waals surface area contributed by atoms with E-state index in [4.69, 9.17) is 21.1 Å². The third-order valence-electron chi connectivity index (χ3n) is 3.82. The number of aromatic amines is 1. The van der Waals surface area contributed by atoms with Crippen LogP contribution in [0.5, 0.6) is 5.75 Å². The molecule has 0 unspecified atom stereocenters. The van der Waals surface area contributed by atoms with Crippen molar-refractivity contribution in [1.82, 2.24) is 9.55 Å². The van der Waals surface area contributed by atoms with Crippen LogP contribution in [0.4, 0.5) is 0 Å². The van der Waals surface area contributed by atoms with Gasteiger partial charge in [0, 0.05) is 11.6 Å². The Morgan fingerprint density at radius 2 is 2.04 bits per heavy atom. The lowest BCUT2D eigenvalue weighted by atomic mass is 10.2. The third kappa shape index (κ3) is 3.69. The number of benzene rings is 2. The molecule has 0 fully saturated rings. The molecule has 3 aromatic rings. The first-order valence-electron chi connectivity index (χ1n) is 7.78. The number of nitrogens with one attached hydrogen (secondary N) is 1. The van der Waals surface area contributed by atoms with Gasteiger partial charge in [0.15, 0.2) is 0 Å². The molecular formula is C18H17ClN2O4. The molecule has 130 valence electrons. The van der Waals surface area contributed by atoms with Crippen LogP contribution in [-0.4, -0.2) is 29.2 Å². The van der Waals surface area contributed by atoms with Crippen molar-refractivity contribution in [2.24, 2.45) is 0 Å². The Morgan fingerprint density at radius 3 is 2.84 bits per heavy atom. The van der Waals surface area contributed by atoms with Crippen LogP contribution >= 0.6 is 11.6 Å². The molecule has 0 aliphatic heterocycles. The number of carbonyl (C=O) groups excluding carboxylic acids is 1. The van der Waals surface area contributed by atoms with Crippen LogP contribution in [0.25, 0.3) is 11.0 Å². The van der Waals surface area contributed by atoms with E-state index < -0.39 is 5.97 Å². The van der Waals surface area contributed by atoms with Gasteiger partial charge in [-0.25, -0.2) is 9.59 Å². The Balaban J connectivity index is 1.62. The molecule has 0 aliphatic carbocycles. The SMILES string of the molecule is COc1ccc(Cl)cc1C(=O)OCCCn1c(=O)[nH]c2ccccc21. The molecule has 25 heavy (non-hydrogen) atoms. The van der Waals surface area contributed by atoms with E-state index in [-0.39, 0.29) is 17.9 Å². The average molecular weight is 361 g/mol. The summed E-state index contributed by atoms with van der Waals surface area (Å²) in [5, 5.41) is 0.429. The van der Waals surface area contributed by atoms with Gasteiger partial charge in [-0.15, -0.1) is 0 Å². The number of halogens is 1. The second-order valence-electron chi connectivity index (χ2n) is 5.43. The van der Waals surface area contributed by atoms with Crippen LogP contribution in [0.15, 0.2) is 47.3 Å². The molecule has 0 atom stereocenters. The highest BCUT2D eigenvalue weighted by atomic mass is 35.5. The number of rotatable bonds is 6. The van der Waals surface area contributed by atoms with E-state index in [1.807, 2.05) is 24.3 Å². The van der Waals surface area contributed by atoms with Crippen LogP contribution in [0, 0.1) is 0 Å². The van der Waals surface area contributed by atoms with Crippen LogP contribution in [0.3, 0.4) is 0 Å². The number of carbonyl (C=O) groups is 1. The minimum absolute atomic E-state index is 0.177. The van der Waals surface area contributed by atoms with E-state index in [1.54, 1.807) is 16.7 Å². The van der Waals surface area contributed by atoms with Gasteiger partial charge in [0.25, 0.3) is 0 Å². The van der Waals surface area contributed by atoms with Crippen LogP contribution in [-0.2, 0) is 11.3 Å². The van der Waals surface area contributed by atoms with Gasteiger partial charge in [-0.05, 0) is 36.8 Å². The molecular weight excluding hydrogens is 344 g/mol. The topological polar surface area (TPSA) is 73.3 Å². The minimum Gasteiger partial charge on any atom is -0.496 e. The number of ether oxygens (including phenoxy) is 2. The number of hydrogen-bond donors (Lipinski definition) is 1. The number of aryl methyl sites for hydroxylation is 1. The van der Waals surface area contributed by atoms with Crippen molar-refractivity contribution in [2.45, 2.75) is 13.0 Å². The number of methoxy groups -OCH3 is 1. The van der Waals surface area contributed by atoms with E-state index in [9.17, 15) is 9.59 Å². The van der Waals surface area contributed by atoms with Gasteiger partial charge < -0.3 is 14.5 Å². The molecule has 3 rings (SSSR count).